The smallest absolute Gasteiger partial charge is 0.262 e. The lowest BCUT2D eigenvalue weighted by atomic mass is 10.1. The third-order valence-corrected chi connectivity index (χ3v) is 4.22. The number of fused-ring (bicyclic) bond motifs is 1. The second-order valence-electron chi connectivity index (χ2n) is 6.09. The highest BCUT2D eigenvalue weighted by atomic mass is 16.5. The molecule has 0 N–H and O–H groups in total. The van der Waals surface area contributed by atoms with Crippen molar-refractivity contribution in [2.24, 2.45) is 0 Å². The molecule has 0 spiro atoms. The highest BCUT2D eigenvalue weighted by molar-refractivity contribution is 5.85. The average molecular weight is 361 g/mol. The van der Waals surface area contributed by atoms with Gasteiger partial charge in [-0.15, -0.1) is 0 Å². The summed E-state index contributed by atoms with van der Waals surface area (Å²) in [5.74, 6) is 1.97. The van der Waals surface area contributed by atoms with Gasteiger partial charge in [-0.25, -0.2) is 4.98 Å². The third kappa shape index (κ3) is 3.21. The molecule has 2 aromatic heterocycles. The Morgan fingerprint density at radius 2 is 1.85 bits per heavy atom. The number of methoxy groups -OCH3 is 1. The van der Waals surface area contributed by atoms with Gasteiger partial charge in [-0.05, 0) is 43.7 Å². The molecule has 0 aliphatic heterocycles. The van der Waals surface area contributed by atoms with Crippen molar-refractivity contribution in [2.75, 3.05) is 13.7 Å². The number of benzene rings is 2. The Bertz CT molecular complexity index is 1100. The van der Waals surface area contributed by atoms with E-state index in [2.05, 4.69) is 15.1 Å². The lowest BCUT2D eigenvalue weighted by Crippen LogP contribution is -1.95. The van der Waals surface area contributed by atoms with E-state index in [1.54, 1.807) is 7.11 Å². The Kier molecular flexibility index (Phi) is 4.46. The molecular formula is C21H19N3O3. The topological polar surface area (TPSA) is 70.3 Å². The molecule has 0 fully saturated rings. The zero-order valence-corrected chi connectivity index (χ0v) is 15.4. The minimum absolute atomic E-state index is 0.389. The van der Waals surface area contributed by atoms with Crippen LogP contribution in [-0.4, -0.2) is 28.8 Å². The van der Waals surface area contributed by atoms with Crippen LogP contribution in [0, 0.1) is 6.92 Å². The SMILES string of the molecule is CCOc1ccccc1-c1nc(-c2cc3ccc(C)cc3nc2OC)no1. The Morgan fingerprint density at radius 1 is 1.00 bits per heavy atom. The maximum Gasteiger partial charge on any atom is 0.262 e. The number of aryl methyl sites for hydroxylation is 1. The molecule has 0 radical (unpaired) electrons. The van der Waals surface area contributed by atoms with E-state index in [0.717, 1.165) is 22.0 Å². The quantitative estimate of drug-likeness (QED) is 0.514. The Morgan fingerprint density at radius 3 is 2.67 bits per heavy atom. The monoisotopic (exact) mass is 361 g/mol. The normalized spacial score (nSPS) is 10.9. The van der Waals surface area contributed by atoms with Crippen molar-refractivity contribution in [2.45, 2.75) is 13.8 Å². The molecule has 6 heteroatoms. The van der Waals surface area contributed by atoms with Gasteiger partial charge in [0.1, 0.15) is 5.75 Å². The zero-order valence-electron chi connectivity index (χ0n) is 15.4. The summed E-state index contributed by atoms with van der Waals surface area (Å²) < 4.78 is 16.6. The molecule has 6 nitrogen and oxygen atoms in total. The van der Waals surface area contributed by atoms with Crippen LogP contribution < -0.4 is 9.47 Å². The van der Waals surface area contributed by atoms with E-state index in [4.69, 9.17) is 14.0 Å². The molecule has 0 unspecified atom stereocenters. The summed E-state index contributed by atoms with van der Waals surface area (Å²) in [6, 6.07) is 15.6. The molecule has 0 bridgehead atoms. The Hall–Kier alpha value is -3.41. The molecule has 27 heavy (non-hydrogen) atoms. The van der Waals surface area contributed by atoms with Crippen molar-refractivity contribution < 1.29 is 14.0 Å². The van der Waals surface area contributed by atoms with Gasteiger partial charge in [0.25, 0.3) is 5.89 Å². The van der Waals surface area contributed by atoms with Crippen LogP contribution in [0.1, 0.15) is 12.5 Å². The largest absolute Gasteiger partial charge is 0.493 e. The van der Waals surface area contributed by atoms with Gasteiger partial charge in [-0.3, -0.25) is 0 Å². The molecule has 136 valence electrons. The fourth-order valence-corrected chi connectivity index (χ4v) is 2.94. The van der Waals surface area contributed by atoms with Crippen LogP contribution in [0.3, 0.4) is 0 Å². The number of rotatable bonds is 5. The van der Waals surface area contributed by atoms with Gasteiger partial charge in [0, 0.05) is 5.39 Å². The summed E-state index contributed by atoms with van der Waals surface area (Å²) in [5.41, 5.74) is 3.43. The maximum absolute atomic E-state index is 5.66. The molecule has 2 aromatic carbocycles. The van der Waals surface area contributed by atoms with Crippen LogP contribution in [-0.2, 0) is 0 Å². The van der Waals surface area contributed by atoms with Crippen molar-refractivity contribution in [1.29, 1.82) is 0 Å². The van der Waals surface area contributed by atoms with Crippen LogP contribution in [0.25, 0.3) is 33.7 Å². The van der Waals surface area contributed by atoms with Gasteiger partial charge in [0.05, 0.1) is 30.4 Å². The van der Waals surface area contributed by atoms with Gasteiger partial charge in [-0.1, -0.05) is 29.4 Å². The van der Waals surface area contributed by atoms with E-state index < -0.39 is 0 Å². The first-order valence-electron chi connectivity index (χ1n) is 8.71. The lowest BCUT2D eigenvalue weighted by Gasteiger charge is -2.07. The second-order valence-corrected chi connectivity index (χ2v) is 6.09. The summed E-state index contributed by atoms with van der Waals surface area (Å²) in [6.07, 6.45) is 0. The van der Waals surface area contributed by atoms with Crippen molar-refractivity contribution in [3.8, 4) is 34.5 Å². The number of hydrogen-bond acceptors (Lipinski definition) is 6. The molecule has 4 rings (SSSR count). The molecule has 0 amide bonds. The summed E-state index contributed by atoms with van der Waals surface area (Å²) in [7, 11) is 1.58. The van der Waals surface area contributed by atoms with E-state index in [9.17, 15) is 0 Å². The second kappa shape index (κ2) is 7.07. The molecule has 0 saturated heterocycles. The van der Waals surface area contributed by atoms with Crippen LogP contribution in [0.5, 0.6) is 11.6 Å². The number of pyridine rings is 1. The van der Waals surface area contributed by atoms with Gasteiger partial charge >= 0.3 is 0 Å². The van der Waals surface area contributed by atoms with Crippen LogP contribution in [0.2, 0.25) is 0 Å². The van der Waals surface area contributed by atoms with Gasteiger partial charge in [0.2, 0.25) is 11.7 Å². The van der Waals surface area contributed by atoms with Gasteiger partial charge in [-0.2, -0.15) is 4.98 Å². The molecular weight excluding hydrogens is 342 g/mol. The summed E-state index contributed by atoms with van der Waals surface area (Å²) in [6.45, 7) is 4.52. The van der Waals surface area contributed by atoms with Crippen molar-refractivity contribution in [3.05, 3.63) is 54.1 Å². The fraction of sp³-hybridized carbons (Fsp3) is 0.190. The van der Waals surface area contributed by atoms with Crippen LogP contribution >= 0.6 is 0 Å². The van der Waals surface area contributed by atoms with Crippen molar-refractivity contribution in [3.63, 3.8) is 0 Å². The summed E-state index contributed by atoms with van der Waals surface area (Å²) in [4.78, 5) is 9.14. The molecule has 0 atom stereocenters. The fourth-order valence-electron chi connectivity index (χ4n) is 2.94. The first-order valence-corrected chi connectivity index (χ1v) is 8.71. The predicted octanol–water partition coefficient (Wildman–Crippen LogP) is 4.67. The lowest BCUT2D eigenvalue weighted by molar-refractivity contribution is 0.339. The molecule has 4 aromatic rings. The van der Waals surface area contributed by atoms with Crippen molar-refractivity contribution >= 4 is 10.9 Å². The highest BCUT2D eigenvalue weighted by Gasteiger charge is 2.18. The van der Waals surface area contributed by atoms with Crippen LogP contribution in [0.4, 0.5) is 0 Å². The van der Waals surface area contributed by atoms with E-state index in [1.807, 2.05) is 62.4 Å². The molecule has 0 aliphatic rings. The maximum atomic E-state index is 5.66. The number of para-hydroxylation sites is 1. The van der Waals surface area contributed by atoms with Gasteiger partial charge in [0.15, 0.2) is 0 Å². The number of hydrogen-bond donors (Lipinski definition) is 0. The minimum atomic E-state index is 0.389. The van der Waals surface area contributed by atoms with Crippen LogP contribution in [0.15, 0.2) is 53.1 Å². The number of aromatic nitrogens is 3. The zero-order chi connectivity index (χ0) is 18.8. The minimum Gasteiger partial charge on any atom is -0.493 e. The van der Waals surface area contributed by atoms with Gasteiger partial charge < -0.3 is 14.0 Å². The predicted molar refractivity (Wildman–Crippen MR) is 103 cm³/mol. The van der Waals surface area contributed by atoms with E-state index >= 15 is 0 Å². The molecule has 0 aliphatic carbocycles. The number of nitrogens with zero attached hydrogens (tertiary/aromatic N) is 3. The van der Waals surface area contributed by atoms with Crippen molar-refractivity contribution in [1.82, 2.24) is 15.1 Å². The summed E-state index contributed by atoms with van der Waals surface area (Å²) >= 11 is 0. The molecule has 2 heterocycles. The van der Waals surface area contributed by atoms with E-state index in [-0.39, 0.29) is 0 Å². The van der Waals surface area contributed by atoms with E-state index in [0.29, 0.717) is 35.5 Å². The highest BCUT2D eigenvalue weighted by Crippen LogP contribution is 2.34. The Balaban J connectivity index is 1.80. The number of ether oxygens (including phenoxy) is 2. The summed E-state index contributed by atoms with van der Waals surface area (Å²) in [5, 5.41) is 5.12. The van der Waals surface area contributed by atoms with E-state index in [1.165, 1.54) is 0 Å². The third-order valence-electron chi connectivity index (χ3n) is 4.22. The Labute approximate surface area is 156 Å². The molecule has 0 saturated carbocycles. The average Bonchev–Trinajstić information content (AvgIpc) is 3.17. The first-order chi connectivity index (χ1) is 13.2. The first kappa shape index (κ1) is 17.0. The standard InChI is InChI=1S/C21H19N3O3/c1-4-26-18-8-6-5-7-15(18)21-23-19(24-27-21)16-12-14-10-9-13(2)11-17(14)22-20(16)25-3/h5-12H,4H2,1-3H3.